The second-order valence-electron chi connectivity index (χ2n) is 13.9. The summed E-state index contributed by atoms with van der Waals surface area (Å²) < 4.78 is 10.8. The van der Waals surface area contributed by atoms with Gasteiger partial charge in [-0.15, -0.1) is 0 Å². The Bertz CT molecular complexity index is 826. The molecule has 3 rings (SSSR count). The Morgan fingerprint density at radius 2 is 1.39 bits per heavy atom. The molecule has 3 aliphatic carbocycles. The van der Waals surface area contributed by atoms with E-state index < -0.39 is 12.6 Å². The van der Waals surface area contributed by atoms with E-state index in [9.17, 15) is 9.59 Å². The van der Waals surface area contributed by atoms with Crippen LogP contribution in [0, 0.1) is 41.4 Å². The fourth-order valence-electron chi connectivity index (χ4n) is 8.19. The van der Waals surface area contributed by atoms with Crippen molar-refractivity contribution in [1.29, 1.82) is 0 Å². The number of unbranched alkanes of at least 4 members (excludes halogenated alkanes) is 4. The zero-order valence-corrected chi connectivity index (χ0v) is 26.4. The van der Waals surface area contributed by atoms with E-state index in [0.29, 0.717) is 24.5 Å². The first-order valence-corrected chi connectivity index (χ1v) is 17.1. The van der Waals surface area contributed by atoms with Crippen LogP contribution in [-0.2, 0) is 19.1 Å². The van der Waals surface area contributed by atoms with Gasteiger partial charge in [-0.3, -0.25) is 0 Å². The third-order valence-electron chi connectivity index (χ3n) is 10.7. The minimum atomic E-state index is -0.559. The van der Waals surface area contributed by atoms with Crippen LogP contribution in [0.1, 0.15) is 129 Å². The average Bonchev–Trinajstić information content (AvgIpc) is 2.98. The second-order valence-corrected chi connectivity index (χ2v) is 13.9. The van der Waals surface area contributed by atoms with Gasteiger partial charge < -0.3 is 14.6 Å². The second kappa shape index (κ2) is 18.1. The maximum atomic E-state index is 12.0. The fourth-order valence-corrected chi connectivity index (χ4v) is 8.19. The molecule has 0 aromatic carbocycles. The van der Waals surface area contributed by atoms with Crippen LogP contribution in [0.2, 0.25) is 0 Å². The first-order chi connectivity index (χ1) is 19.8. The number of esters is 2. The van der Waals surface area contributed by atoms with Crippen LogP contribution in [-0.4, -0.2) is 36.9 Å². The van der Waals surface area contributed by atoms with Crippen molar-refractivity contribution in [2.24, 2.45) is 41.4 Å². The number of hydrogen-bond donors (Lipinski definition) is 1. The lowest BCUT2D eigenvalue weighted by molar-refractivity contribution is -0.143. The lowest BCUT2D eigenvalue weighted by atomic mass is 9.60. The smallest absolute Gasteiger partial charge is 0.335 e. The van der Waals surface area contributed by atoms with Crippen molar-refractivity contribution in [3.8, 4) is 0 Å². The number of aliphatic hydroxyl groups is 1. The molecule has 234 valence electrons. The molecular formula is C36H60O5. The number of hydrogen-bond acceptors (Lipinski definition) is 5. The Balaban J connectivity index is 1.39. The molecule has 5 unspecified atom stereocenters. The van der Waals surface area contributed by atoms with Gasteiger partial charge in [0.25, 0.3) is 0 Å². The molecule has 3 aliphatic rings. The van der Waals surface area contributed by atoms with Gasteiger partial charge in [-0.2, -0.15) is 0 Å². The van der Waals surface area contributed by atoms with E-state index in [1.54, 1.807) is 6.92 Å². The fraction of sp³-hybridized carbons (Fsp3) is 0.833. The maximum absolute atomic E-state index is 12.0. The van der Waals surface area contributed by atoms with Crippen molar-refractivity contribution in [3.63, 3.8) is 0 Å². The zero-order chi connectivity index (χ0) is 29.6. The van der Waals surface area contributed by atoms with Gasteiger partial charge in [-0.25, -0.2) is 9.59 Å². The van der Waals surface area contributed by atoms with Crippen LogP contribution in [0.3, 0.4) is 0 Å². The van der Waals surface area contributed by atoms with Crippen LogP contribution < -0.4 is 0 Å². The van der Waals surface area contributed by atoms with E-state index >= 15 is 0 Å². The van der Waals surface area contributed by atoms with Crippen molar-refractivity contribution in [2.45, 2.75) is 129 Å². The van der Waals surface area contributed by atoms with Gasteiger partial charge in [0, 0.05) is 5.57 Å². The summed E-state index contributed by atoms with van der Waals surface area (Å²) in [7, 11) is 0. The number of carbonyl (C=O) groups excluding carboxylic acids is 2. The molecule has 1 N–H and O–H groups in total. The Labute approximate surface area is 250 Å². The molecule has 0 aromatic heterocycles. The first-order valence-electron chi connectivity index (χ1n) is 17.1. The Hall–Kier alpha value is -1.62. The largest absolute Gasteiger partial charge is 0.462 e. The number of ether oxygens (including phenoxy) is 2. The minimum Gasteiger partial charge on any atom is -0.462 e. The standard InChI is InChI=1S/C36H60O5/c1-5-6-7-8-9-10-28-13-16-34-23-33(18-17-32(34)22-28)31-14-11-29(12-15-31)21-30(25-41-35(38)26(2)3)19-20-40-36(39)27(4)24-37/h28-34,37H,2,4-25H2,1,3H3. The van der Waals surface area contributed by atoms with Crippen LogP contribution in [0.15, 0.2) is 24.3 Å². The molecule has 3 saturated carbocycles. The lowest BCUT2D eigenvalue weighted by Gasteiger charge is -2.45. The van der Waals surface area contributed by atoms with E-state index in [1.807, 2.05) is 0 Å². The third kappa shape index (κ3) is 11.5. The molecule has 0 aliphatic heterocycles. The number of aliphatic hydroxyl groups excluding tert-OH is 1. The molecule has 5 heteroatoms. The molecule has 0 heterocycles. The highest BCUT2D eigenvalue weighted by atomic mass is 16.5. The van der Waals surface area contributed by atoms with Crippen molar-refractivity contribution >= 4 is 11.9 Å². The van der Waals surface area contributed by atoms with Gasteiger partial charge in [-0.05, 0) is 106 Å². The summed E-state index contributed by atoms with van der Waals surface area (Å²) in [6, 6.07) is 0. The quantitative estimate of drug-likeness (QED) is 0.107. The van der Waals surface area contributed by atoms with Gasteiger partial charge >= 0.3 is 11.9 Å². The normalized spacial score (nSPS) is 28.8. The number of fused-ring (bicyclic) bond motifs is 1. The van der Waals surface area contributed by atoms with Crippen LogP contribution >= 0.6 is 0 Å². The summed E-state index contributed by atoms with van der Waals surface area (Å²) in [6.07, 6.45) is 24.2. The van der Waals surface area contributed by atoms with Gasteiger partial charge in [0.05, 0.1) is 25.4 Å². The Morgan fingerprint density at radius 3 is 2.07 bits per heavy atom. The van der Waals surface area contributed by atoms with Gasteiger partial charge in [0.2, 0.25) is 0 Å². The van der Waals surface area contributed by atoms with Gasteiger partial charge in [0.15, 0.2) is 0 Å². The summed E-state index contributed by atoms with van der Waals surface area (Å²) in [6.45, 7) is 11.4. The highest BCUT2D eigenvalue weighted by Crippen LogP contribution is 2.50. The van der Waals surface area contributed by atoms with E-state index in [4.69, 9.17) is 14.6 Å². The van der Waals surface area contributed by atoms with Gasteiger partial charge in [-0.1, -0.05) is 77.9 Å². The summed E-state index contributed by atoms with van der Waals surface area (Å²) in [5.74, 6) is 4.66. The van der Waals surface area contributed by atoms with Crippen LogP contribution in [0.5, 0.6) is 0 Å². The van der Waals surface area contributed by atoms with Crippen LogP contribution in [0.25, 0.3) is 0 Å². The summed E-state index contributed by atoms with van der Waals surface area (Å²) >= 11 is 0. The molecule has 0 amide bonds. The third-order valence-corrected chi connectivity index (χ3v) is 10.7. The number of carbonyl (C=O) groups is 2. The van der Waals surface area contributed by atoms with Crippen molar-refractivity contribution in [1.82, 2.24) is 0 Å². The van der Waals surface area contributed by atoms with Crippen molar-refractivity contribution in [2.75, 3.05) is 19.8 Å². The molecule has 5 atom stereocenters. The molecule has 0 aromatic rings. The zero-order valence-electron chi connectivity index (χ0n) is 26.4. The molecule has 0 radical (unpaired) electrons. The minimum absolute atomic E-state index is 0.0634. The predicted octanol–water partition coefficient (Wildman–Crippen LogP) is 8.59. The highest BCUT2D eigenvalue weighted by Gasteiger charge is 2.38. The topological polar surface area (TPSA) is 72.8 Å². The monoisotopic (exact) mass is 572 g/mol. The Kier molecular flexibility index (Phi) is 15.0. The van der Waals surface area contributed by atoms with E-state index in [2.05, 4.69) is 20.1 Å². The predicted molar refractivity (Wildman–Crippen MR) is 166 cm³/mol. The Morgan fingerprint density at radius 1 is 0.780 bits per heavy atom. The molecule has 0 bridgehead atoms. The van der Waals surface area contributed by atoms with E-state index in [-0.39, 0.29) is 24.1 Å². The molecule has 0 saturated heterocycles. The molecule has 41 heavy (non-hydrogen) atoms. The summed E-state index contributed by atoms with van der Waals surface area (Å²) in [4.78, 5) is 23.9. The summed E-state index contributed by atoms with van der Waals surface area (Å²) in [5.41, 5.74) is 0.467. The van der Waals surface area contributed by atoms with Crippen molar-refractivity contribution < 1.29 is 24.2 Å². The lowest BCUT2D eigenvalue weighted by Crippen LogP contribution is -2.34. The van der Waals surface area contributed by atoms with E-state index in [1.165, 1.54) is 103 Å². The van der Waals surface area contributed by atoms with E-state index in [0.717, 1.165) is 36.0 Å². The maximum Gasteiger partial charge on any atom is 0.335 e. The van der Waals surface area contributed by atoms with Crippen LogP contribution in [0.4, 0.5) is 0 Å². The van der Waals surface area contributed by atoms with Gasteiger partial charge in [0.1, 0.15) is 0 Å². The van der Waals surface area contributed by atoms with Crippen molar-refractivity contribution in [3.05, 3.63) is 24.3 Å². The molecule has 3 fully saturated rings. The summed E-state index contributed by atoms with van der Waals surface area (Å²) in [5, 5.41) is 9.09. The molecule has 5 nitrogen and oxygen atoms in total. The molecular weight excluding hydrogens is 512 g/mol. The number of rotatable bonds is 17. The SMILES string of the molecule is C=C(C)C(=O)OCC(CCOC(=O)C(=C)CO)CC1CCC(C2CCC3CC(CCCCCCC)CCC3C2)CC1. The highest BCUT2D eigenvalue weighted by molar-refractivity contribution is 5.88. The molecule has 0 spiro atoms. The average molecular weight is 573 g/mol. The first kappa shape index (κ1) is 33.9.